The Morgan fingerprint density at radius 1 is 1.21 bits per heavy atom. The van der Waals surface area contributed by atoms with Crippen LogP contribution < -0.4 is 14.8 Å². The molecule has 2 aromatic rings. The first kappa shape index (κ1) is 16.6. The van der Waals surface area contributed by atoms with E-state index >= 15 is 0 Å². The predicted octanol–water partition coefficient (Wildman–Crippen LogP) is 3.21. The van der Waals surface area contributed by atoms with Crippen molar-refractivity contribution in [2.75, 3.05) is 17.1 Å². The van der Waals surface area contributed by atoms with E-state index < -0.39 is 10.0 Å². The molecular formula is C16H15ClN2O4S. The first-order valence-corrected chi connectivity index (χ1v) is 8.99. The van der Waals surface area contributed by atoms with Crippen LogP contribution in [-0.4, -0.2) is 21.4 Å². The molecular weight excluding hydrogens is 352 g/mol. The number of carbonyl (C=O) groups excluding carboxylic acids is 1. The molecule has 1 unspecified atom stereocenters. The Labute approximate surface area is 144 Å². The molecule has 126 valence electrons. The highest BCUT2D eigenvalue weighted by Crippen LogP contribution is 2.35. The quantitative estimate of drug-likeness (QED) is 0.870. The molecule has 0 saturated heterocycles. The van der Waals surface area contributed by atoms with Gasteiger partial charge >= 0.3 is 0 Å². The lowest BCUT2D eigenvalue weighted by molar-refractivity contribution is -0.116. The van der Waals surface area contributed by atoms with Gasteiger partial charge in [0.1, 0.15) is 5.75 Å². The second-order valence-corrected chi connectivity index (χ2v) is 7.50. The zero-order valence-corrected chi connectivity index (χ0v) is 14.5. The lowest BCUT2D eigenvalue weighted by atomic mass is 10.0. The zero-order valence-electron chi connectivity index (χ0n) is 13.0. The summed E-state index contributed by atoms with van der Waals surface area (Å²) in [5.41, 5.74) is 1.83. The van der Waals surface area contributed by atoms with E-state index in [1.807, 2.05) is 0 Å². The van der Waals surface area contributed by atoms with Crippen molar-refractivity contribution in [1.82, 2.24) is 0 Å². The number of nitrogens with one attached hydrogen (secondary N) is 2. The molecule has 1 heterocycles. The van der Waals surface area contributed by atoms with E-state index in [0.717, 1.165) is 5.56 Å². The number of halogens is 1. The Kier molecular flexibility index (Phi) is 4.15. The summed E-state index contributed by atoms with van der Waals surface area (Å²) in [5, 5.41) is 2.95. The van der Waals surface area contributed by atoms with Crippen molar-refractivity contribution >= 4 is 38.9 Å². The van der Waals surface area contributed by atoms with Crippen LogP contribution in [0.25, 0.3) is 0 Å². The monoisotopic (exact) mass is 366 g/mol. The number of methoxy groups -OCH3 is 1. The summed E-state index contributed by atoms with van der Waals surface area (Å²) in [6.07, 6.45) is 0. The maximum Gasteiger partial charge on any atom is 0.261 e. The number of benzene rings is 2. The number of ether oxygens (including phenoxy) is 1. The smallest absolute Gasteiger partial charge is 0.261 e. The molecule has 0 saturated carbocycles. The molecule has 2 N–H and O–H groups in total. The van der Waals surface area contributed by atoms with Crippen LogP contribution in [0.2, 0.25) is 5.02 Å². The number of fused-ring (bicyclic) bond motifs is 1. The van der Waals surface area contributed by atoms with Crippen molar-refractivity contribution in [1.29, 1.82) is 0 Å². The molecule has 8 heteroatoms. The topological polar surface area (TPSA) is 84.5 Å². The summed E-state index contributed by atoms with van der Waals surface area (Å²) < 4.78 is 32.5. The van der Waals surface area contributed by atoms with Gasteiger partial charge in [-0.15, -0.1) is 0 Å². The van der Waals surface area contributed by atoms with Gasteiger partial charge in [-0.3, -0.25) is 9.52 Å². The Morgan fingerprint density at radius 3 is 2.62 bits per heavy atom. The fourth-order valence-corrected chi connectivity index (χ4v) is 3.91. The third kappa shape index (κ3) is 2.92. The van der Waals surface area contributed by atoms with Gasteiger partial charge in [-0.25, -0.2) is 8.42 Å². The third-order valence-electron chi connectivity index (χ3n) is 3.86. The first-order valence-electron chi connectivity index (χ1n) is 7.13. The van der Waals surface area contributed by atoms with Gasteiger partial charge in [0, 0.05) is 11.4 Å². The summed E-state index contributed by atoms with van der Waals surface area (Å²) in [4.78, 5) is 11.7. The van der Waals surface area contributed by atoms with E-state index in [0.29, 0.717) is 17.1 Å². The highest BCUT2D eigenvalue weighted by Gasteiger charge is 2.27. The summed E-state index contributed by atoms with van der Waals surface area (Å²) >= 11 is 5.99. The predicted molar refractivity (Wildman–Crippen MR) is 92.3 cm³/mol. The molecule has 24 heavy (non-hydrogen) atoms. The van der Waals surface area contributed by atoms with Gasteiger partial charge in [-0.05, 0) is 48.9 Å². The number of carbonyl (C=O) groups is 1. The highest BCUT2D eigenvalue weighted by molar-refractivity contribution is 7.92. The molecule has 2 aromatic carbocycles. The van der Waals surface area contributed by atoms with Crippen molar-refractivity contribution < 1.29 is 17.9 Å². The van der Waals surface area contributed by atoms with Crippen LogP contribution in [0.1, 0.15) is 18.4 Å². The van der Waals surface area contributed by atoms with E-state index in [1.165, 1.54) is 25.3 Å². The van der Waals surface area contributed by atoms with Crippen molar-refractivity contribution in [3.8, 4) is 5.75 Å². The maximum atomic E-state index is 12.5. The molecule has 0 bridgehead atoms. The van der Waals surface area contributed by atoms with Gasteiger partial charge in [-0.1, -0.05) is 11.6 Å². The zero-order chi connectivity index (χ0) is 17.5. The average molecular weight is 367 g/mol. The van der Waals surface area contributed by atoms with Crippen LogP contribution >= 0.6 is 11.6 Å². The Morgan fingerprint density at radius 2 is 1.96 bits per heavy atom. The van der Waals surface area contributed by atoms with E-state index in [1.54, 1.807) is 25.1 Å². The fraction of sp³-hybridized carbons (Fsp3) is 0.188. The maximum absolute atomic E-state index is 12.5. The second-order valence-electron chi connectivity index (χ2n) is 5.41. The van der Waals surface area contributed by atoms with Gasteiger partial charge in [-0.2, -0.15) is 0 Å². The van der Waals surface area contributed by atoms with Gasteiger partial charge in [0.25, 0.3) is 10.0 Å². The number of anilines is 2. The normalized spacial score (nSPS) is 16.5. The number of sulfonamides is 1. The molecule has 0 radical (unpaired) electrons. The van der Waals surface area contributed by atoms with E-state index in [-0.39, 0.29) is 21.7 Å². The van der Waals surface area contributed by atoms with Gasteiger partial charge in [0.15, 0.2) is 0 Å². The van der Waals surface area contributed by atoms with E-state index in [2.05, 4.69) is 10.0 Å². The minimum atomic E-state index is -3.80. The Bertz CT molecular complexity index is 928. The number of rotatable bonds is 4. The van der Waals surface area contributed by atoms with E-state index in [9.17, 15) is 13.2 Å². The van der Waals surface area contributed by atoms with Gasteiger partial charge < -0.3 is 10.1 Å². The molecule has 0 spiro atoms. The van der Waals surface area contributed by atoms with Crippen molar-refractivity contribution in [2.24, 2.45) is 0 Å². The lowest BCUT2D eigenvalue weighted by Crippen LogP contribution is -2.13. The molecule has 0 aliphatic carbocycles. The Balaban J connectivity index is 1.91. The number of amides is 1. The molecule has 3 rings (SSSR count). The van der Waals surface area contributed by atoms with Crippen LogP contribution in [0.15, 0.2) is 41.3 Å². The molecule has 1 amide bonds. The molecule has 1 atom stereocenters. The van der Waals surface area contributed by atoms with Crippen LogP contribution in [0.3, 0.4) is 0 Å². The van der Waals surface area contributed by atoms with Crippen LogP contribution in [0.4, 0.5) is 11.4 Å². The standard InChI is InChI=1S/C16H15ClN2O4S/c1-9-12-7-10(3-5-14(12)18-16(9)20)19-24(21,22)11-4-6-15(23-2)13(17)8-11/h3-9,19H,1-2H3,(H,18,20). The Hall–Kier alpha value is -2.25. The minimum Gasteiger partial charge on any atom is -0.495 e. The summed E-state index contributed by atoms with van der Waals surface area (Å²) in [5.74, 6) is -0.0293. The second kappa shape index (κ2) is 5.99. The van der Waals surface area contributed by atoms with Crippen LogP contribution in [0, 0.1) is 0 Å². The van der Waals surface area contributed by atoms with Crippen LogP contribution in [0.5, 0.6) is 5.75 Å². The van der Waals surface area contributed by atoms with Gasteiger partial charge in [0.2, 0.25) is 5.91 Å². The number of hydrogen-bond donors (Lipinski definition) is 2. The summed E-state index contributed by atoms with van der Waals surface area (Å²) in [7, 11) is -2.35. The molecule has 6 nitrogen and oxygen atoms in total. The lowest BCUT2D eigenvalue weighted by Gasteiger charge is -2.11. The van der Waals surface area contributed by atoms with Crippen molar-refractivity contribution in [2.45, 2.75) is 17.7 Å². The SMILES string of the molecule is COc1ccc(S(=O)(=O)Nc2ccc3c(c2)C(C)C(=O)N3)cc1Cl. The molecule has 0 aromatic heterocycles. The molecule has 1 aliphatic rings. The summed E-state index contributed by atoms with van der Waals surface area (Å²) in [6.45, 7) is 1.77. The van der Waals surface area contributed by atoms with Crippen molar-refractivity contribution in [3.63, 3.8) is 0 Å². The highest BCUT2D eigenvalue weighted by atomic mass is 35.5. The fourth-order valence-electron chi connectivity index (χ4n) is 2.51. The molecule has 0 fully saturated rings. The minimum absolute atomic E-state index is 0.0241. The van der Waals surface area contributed by atoms with Gasteiger partial charge in [0.05, 0.1) is 22.9 Å². The van der Waals surface area contributed by atoms with Crippen molar-refractivity contribution in [3.05, 3.63) is 47.0 Å². The average Bonchev–Trinajstić information content (AvgIpc) is 2.82. The molecule has 1 aliphatic heterocycles. The third-order valence-corrected chi connectivity index (χ3v) is 5.53. The van der Waals surface area contributed by atoms with Crippen LogP contribution in [-0.2, 0) is 14.8 Å². The van der Waals surface area contributed by atoms with E-state index in [4.69, 9.17) is 16.3 Å². The largest absolute Gasteiger partial charge is 0.495 e. The summed E-state index contributed by atoms with van der Waals surface area (Å²) in [6, 6.07) is 9.15. The first-order chi connectivity index (χ1) is 11.3. The number of hydrogen-bond acceptors (Lipinski definition) is 4.